The number of hydrogen-bond donors (Lipinski definition) is 3. The average Bonchev–Trinajstić information content (AvgIpc) is 2.76. The number of nitrogen functional groups attached to an aromatic ring is 1. The van der Waals surface area contributed by atoms with E-state index in [9.17, 15) is 4.79 Å². The third-order valence-corrected chi connectivity index (χ3v) is 3.42. The lowest BCUT2D eigenvalue weighted by Gasteiger charge is -2.12. The molecule has 0 aliphatic heterocycles. The molecule has 0 aliphatic carbocycles. The third kappa shape index (κ3) is 2.78. The fourth-order valence-electron chi connectivity index (χ4n) is 1.59. The molecule has 2 rings (SSSR count). The number of aromatic nitrogens is 4. The van der Waals surface area contributed by atoms with E-state index in [0.717, 1.165) is 5.56 Å². The number of H-pyrrole nitrogens is 1. The van der Waals surface area contributed by atoms with Crippen molar-refractivity contribution in [2.45, 2.75) is 26.4 Å². The van der Waals surface area contributed by atoms with Crippen molar-refractivity contribution in [2.24, 2.45) is 0 Å². The Bertz CT molecular complexity index is 632. The van der Waals surface area contributed by atoms with Crippen molar-refractivity contribution in [3.05, 3.63) is 32.8 Å². The van der Waals surface area contributed by atoms with Gasteiger partial charge in [-0.3, -0.25) is 9.89 Å². The summed E-state index contributed by atoms with van der Waals surface area (Å²) in [5, 5.41) is 13.7. The number of nitrogens with two attached hydrogens (primary N) is 1. The van der Waals surface area contributed by atoms with Gasteiger partial charge < -0.3 is 11.1 Å². The van der Waals surface area contributed by atoms with Gasteiger partial charge in [-0.25, -0.2) is 4.68 Å². The van der Waals surface area contributed by atoms with Crippen molar-refractivity contribution >= 4 is 27.4 Å². The predicted octanol–water partition coefficient (Wildman–Crippen LogP) is 1.50. The normalized spacial score (nSPS) is 10.9. The Morgan fingerprint density at radius 2 is 2.26 bits per heavy atom. The molecule has 2 aromatic heterocycles. The Kier molecular flexibility index (Phi) is 3.89. The maximum Gasteiger partial charge on any atom is 0.283 e. The maximum atomic E-state index is 12.0. The van der Waals surface area contributed by atoms with Gasteiger partial charge in [0.25, 0.3) is 5.56 Å². The zero-order valence-electron chi connectivity index (χ0n) is 10.6. The minimum absolute atomic E-state index is 0.0161. The summed E-state index contributed by atoms with van der Waals surface area (Å²) in [5.74, 6) is 0.507. The molecule has 0 atom stereocenters. The van der Waals surface area contributed by atoms with Gasteiger partial charge in [0.05, 0.1) is 24.1 Å². The summed E-state index contributed by atoms with van der Waals surface area (Å²) in [5.41, 5.74) is 6.98. The van der Waals surface area contributed by atoms with Gasteiger partial charge in [0.2, 0.25) is 0 Å². The first-order chi connectivity index (χ1) is 9.00. The van der Waals surface area contributed by atoms with Crippen molar-refractivity contribution in [3.8, 4) is 0 Å². The summed E-state index contributed by atoms with van der Waals surface area (Å²) in [6.07, 6.45) is 3.25. The van der Waals surface area contributed by atoms with Crippen molar-refractivity contribution in [1.82, 2.24) is 20.0 Å². The highest BCUT2D eigenvalue weighted by atomic mass is 79.9. The van der Waals surface area contributed by atoms with Gasteiger partial charge in [-0.05, 0) is 29.8 Å². The molecule has 0 radical (unpaired) electrons. The molecule has 0 unspecified atom stereocenters. The number of anilines is 2. The lowest BCUT2D eigenvalue weighted by atomic mass is 10.3. The SMILES string of the molecule is CC(C)n1ncc(NCc2cn[nH]c2N)c(Br)c1=O. The van der Waals surface area contributed by atoms with E-state index in [1.54, 1.807) is 12.4 Å². The summed E-state index contributed by atoms with van der Waals surface area (Å²) < 4.78 is 1.87. The standard InChI is InChI=1S/C11H15BrN6O/c1-6(2)18-11(19)9(12)8(5-16-18)14-3-7-4-15-17-10(7)13/h4-6,14H,3H2,1-2H3,(H3,13,15,17). The van der Waals surface area contributed by atoms with Crippen LogP contribution in [-0.2, 0) is 6.54 Å². The highest BCUT2D eigenvalue weighted by Crippen LogP contribution is 2.18. The van der Waals surface area contributed by atoms with E-state index in [1.807, 2.05) is 13.8 Å². The highest BCUT2D eigenvalue weighted by Gasteiger charge is 2.11. The Balaban J connectivity index is 2.20. The summed E-state index contributed by atoms with van der Waals surface area (Å²) in [6.45, 7) is 4.27. The molecule has 0 saturated carbocycles. The van der Waals surface area contributed by atoms with Crippen LogP contribution in [0, 0.1) is 0 Å². The van der Waals surface area contributed by atoms with Crippen LogP contribution in [0.15, 0.2) is 21.7 Å². The van der Waals surface area contributed by atoms with Crippen LogP contribution in [0.5, 0.6) is 0 Å². The lowest BCUT2D eigenvalue weighted by molar-refractivity contribution is 0.501. The molecule has 7 nitrogen and oxygen atoms in total. The minimum Gasteiger partial charge on any atom is -0.384 e. The van der Waals surface area contributed by atoms with Crippen LogP contribution < -0.4 is 16.6 Å². The Labute approximate surface area is 118 Å². The first kappa shape index (κ1) is 13.6. The second kappa shape index (κ2) is 5.43. The van der Waals surface area contributed by atoms with E-state index < -0.39 is 0 Å². The van der Waals surface area contributed by atoms with E-state index in [1.165, 1.54) is 4.68 Å². The number of nitrogens with zero attached hydrogens (tertiary/aromatic N) is 3. The van der Waals surface area contributed by atoms with Crippen LogP contribution >= 0.6 is 15.9 Å². The predicted molar refractivity (Wildman–Crippen MR) is 76.9 cm³/mol. The number of hydrogen-bond acceptors (Lipinski definition) is 5. The summed E-state index contributed by atoms with van der Waals surface area (Å²) in [6, 6.07) is 0.0161. The van der Waals surface area contributed by atoms with Gasteiger partial charge in [0.15, 0.2) is 0 Å². The molecule has 0 saturated heterocycles. The molecule has 0 bridgehead atoms. The fraction of sp³-hybridized carbons (Fsp3) is 0.364. The number of aromatic amines is 1. The van der Waals surface area contributed by atoms with E-state index in [0.29, 0.717) is 22.5 Å². The summed E-state index contributed by atoms with van der Waals surface area (Å²) in [4.78, 5) is 12.0. The molecule has 19 heavy (non-hydrogen) atoms. The minimum atomic E-state index is -0.167. The Morgan fingerprint density at radius 1 is 1.53 bits per heavy atom. The smallest absolute Gasteiger partial charge is 0.283 e. The van der Waals surface area contributed by atoms with Crippen LogP contribution in [0.25, 0.3) is 0 Å². The molecule has 8 heteroatoms. The summed E-state index contributed by atoms with van der Waals surface area (Å²) in [7, 11) is 0. The zero-order valence-corrected chi connectivity index (χ0v) is 12.2. The second-order valence-corrected chi connectivity index (χ2v) is 5.17. The van der Waals surface area contributed by atoms with E-state index in [4.69, 9.17) is 5.73 Å². The molecule has 0 aromatic carbocycles. The maximum absolute atomic E-state index is 12.0. The number of rotatable bonds is 4. The molecule has 0 amide bonds. The van der Waals surface area contributed by atoms with Gasteiger partial charge >= 0.3 is 0 Å². The molecule has 102 valence electrons. The first-order valence-corrected chi connectivity index (χ1v) is 6.59. The van der Waals surface area contributed by atoms with Gasteiger partial charge in [-0.1, -0.05) is 0 Å². The molecular weight excluding hydrogens is 312 g/mol. The van der Waals surface area contributed by atoms with Crippen molar-refractivity contribution in [1.29, 1.82) is 0 Å². The number of halogens is 1. The highest BCUT2D eigenvalue weighted by molar-refractivity contribution is 9.10. The summed E-state index contributed by atoms with van der Waals surface area (Å²) >= 11 is 3.29. The van der Waals surface area contributed by atoms with Crippen LogP contribution in [-0.4, -0.2) is 20.0 Å². The van der Waals surface area contributed by atoms with Crippen molar-refractivity contribution in [2.75, 3.05) is 11.1 Å². The first-order valence-electron chi connectivity index (χ1n) is 5.79. The average molecular weight is 327 g/mol. The third-order valence-electron chi connectivity index (χ3n) is 2.65. The van der Waals surface area contributed by atoms with E-state index >= 15 is 0 Å². The molecule has 4 N–H and O–H groups in total. The molecule has 0 aliphatic rings. The zero-order chi connectivity index (χ0) is 14.0. The van der Waals surface area contributed by atoms with E-state index in [-0.39, 0.29) is 11.6 Å². The van der Waals surface area contributed by atoms with Crippen LogP contribution in [0.1, 0.15) is 25.5 Å². The quantitative estimate of drug-likeness (QED) is 0.790. The topological polar surface area (TPSA) is 102 Å². The van der Waals surface area contributed by atoms with E-state index in [2.05, 4.69) is 36.5 Å². The Hall–Kier alpha value is -1.83. The van der Waals surface area contributed by atoms with Crippen molar-refractivity contribution < 1.29 is 0 Å². The molecule has 2 aromatic rings. The second-order valence-electron chi connectivity index (χ2n) is 4.38. The van der Waals surface area contributed by atoms with Gasteiger partial charge in [-0.15, -0.1) is 0 Å². The van der Waals surface area contributed by atoms with Crippen LogP contribution in [0.4, 0.5) is 11.5 Å². The number of nitrogens with one attached hydrogen (secondary N) is 2. The fourth-order valence-corrected chi connectivity index (χ4v) is 2.01. The largest absolute Gasteiger partial charge is 0.384 e. The van der Waals surface area contributed by atoms with Crippen LogP contribution in [0.3, 0.4) is 0 Å². The molecule has 0 spiro atoms. The van der Waals surface area contributed by atoms with Gasteiger partial charge in [0.1, 0.15) is 10.3 Å². The van der Waals surface area contributed by atoms with Gasteiger partial charge in [-0.2, -0.15) is 10.2 Å². The molecular formula is C11H15BrN6O. The lowest BCUT2D eigenvalue weighted by Crippen LogP contribution is -2.26. The van der Waals surface area contributed by atoms with Gasteiger partial charge in [0, 0.05) is 12.1 Å². The molecule has 2 heterocycles. The molecule has 0 fully saturated rings. The van der Waals surface area contributed by atoms with Crippen molar-refractivity contribution in [3.63, 3.8) is 0 Å². The van der Waals surface area contributed by atoms with Crippen LogP contribution in [0.2, 0.25) is 0 Å². The Morgan fingerprint density at radius 3 is 2.84 bits per heavy atom. The monoisotopic (exact) mass is 326 g/mol.